The lowest BCUT2D eigenvalue weighted by Crippen LogP contribution is -2.48. The monoisotopic (exact) mass is 336 g/mol. The Balaban J connectivity index is 1.61. The van der Waals surface area contributed by atoms with Crippen LogP contribution in [0.3, 0.4) is 0 Å². The van der Waals surface area contributed by atoms with Crippen LogP contribution in [0.15, 0.2) is 6.33 Å². The van der Waals surface area contributed by atoms with E-state index in [-0.39, 0.29) is 0 Å². The van der Waals surface area contributed by atoms with Gasteiger partial charge in [0, 0.05) is 37.9 Å². The van der Waals surface area contributed by atoms with Gasteiger partial charge in [0.05, 0.1) is 17.8 Å². The number of carbonyl (C=O) groups excluding carboxylic acids is 1. The molecule has 0 spiro atoms. The van der Waals surface area contributed by atoms with Crippen LogP contribution in [0, 0.1) is 12.8 Å². The van der Waals surface area contributed by atoms with Gasteiger partial charge in [-0.1, -0.05) is 6.92 Å². The number of H-pyrrole nitrogens is 1. The van der Waals surface area contributed by atoms with Gasteiger partial charge in [-0.2, -0.15) is 11.8 Å². The minimum absolute atomic E-state index is 0.343. The lowest BCUT2D eigenvalue weighted by atomic mass is 9.95. The average Bonchev–Trinajstić information content (AvgIpc) is 2.75. The number of amides is 1. The van der Waals surface area contributed by atoms with Gasteiger partial charge in [0.2, 0.25) is 5.91 Å². The maximum Gasteiger partial charge on any atom is 0.232 e. The van der Waals surface area contributed by atoms with Gasteiger partial charge in [-0.25, -0.2) is 4.98 Å². The molecule has 4 rings (SSSR count). The van der Waals surface area contributed by atoms with E-state index in [0.717, 1.165) is 56.2 Å². The normalized spacial score (nSPS) is 24.9. The zero-order valence-electron chi connectivity index (χ0n) is 14.3. The first-order valence-corrected chi connectivity index (χ1v) is 9.91. The minimum Gasteiger partial charge on any atom is -0.348 e. The third kappa shape index (κ3) is 4.10. The summed E-state index contributed by atoms with van der Waals surface area (Å²) >= 11 is 1.78. The van der Waals surface area contributed by atoms with Crippen LogP contribution in [0.25, 0.3) is 0 Å². The molecule has 3 aliphatic heterocycles. The first kappa shape index (κ1) is 16.8. The highest BCUT2D eigenvalue weighted by atomic mass is 32.2. The van der Waals surface area contributed by atoms with E-state index in [9.17, 15) is 4.79 Å². The summed E-state index contributed by atoms with van der Waals surface area (Å²) in [6, 6.07) is 0.391. The van der Waals surface area contributed by atoms with Crippen LogP contribution in [0.1, 0.15) is 37.6 Å². The van der Waals surface area contributed by atoms with Crippen molar-refractivity contribution in [1.29, 1.82) is 0 Å². The van der Waals surface area contributed by atoms with Crippen molar-refractivity contribution >= 4 is 17.7 Å². The number of aromatic nitrogens is 2. The van der Waals surface area contributed by atoms with E-state index >= 15 is 0 Å². The summed E-state index contributed by atoms with van der Waals surface area (Å²) in [5.74, 6) is 2.69. The molecule has 0 radical (unpaired) electrons. The van der Waals surface area contributed by atoms with E-state index in [1.54, 1.807) is 18.1 Å². The molecule has 23 heavy (non-hydrogen) atoms. The molecule has 3 saturated heterocycles. The Morgan fingerprint density at radius 1 is 1.39 bits per heavy atom. The summed E-state index contributed by atoms with van der Waals surface area (Å²) in [6.45, 7) is 8.18. The molecule has 1 amide bonds. The van der Waals surface area contributed by atoms with Gasteiger partial charge in [0.15, 0.2) is 0 Å². The van der Waals surface area contributed by atoms with Crippen LogP contribution in [-0.2, 0) is 11.3 Å². The largest absolute Gasteiger partial charge is 0.348 e. The average molecular weight is 337 g/mol. The molecule has 128 valence electrons. The molecule has 0 aromatic carbocycles. The van der Waals surface area contributed by atoms with Gasteiger partial charge in [0.1, 0.15) is 0 Å². The van der Waals surface area contributed by atoms with Crippen LogP contribution in [0.5, 0.6) is 0 Å². The van der Waals surface area contributed by atoms with Crippen LogP contribution in [0.2, 0.25) is 0 Å². The first-order valence-electron chi connectivity index (χ1n) is 8.75. The predicted molar refractivity (Wildman–Crippen MR) is 94.4 cm³/mol. The molecule has 3 aliphatic rings. The Labute approximate surface area is 143 Å². The molecular weight excluding hydrogens is 308 g/mol. The first-order chi connectivity index (χ1) is 11.2. The SMILES string of the molecule is CCCSCC(=O)N1C[C@@H]2CC[C@H]1CN(Cc1nc[nH]c1C)C2. The standard InChI is InChI=1S/C17H28N4OS/c1-3-6-23-11-17(22)21-8-14-4-5-15(21)9-20(7-14)10-16-13(2)18-12-19-16/h12,14-15H,3-11H2,1-2H3,(H,18,19)/t14-,15+/m1/s1. The molecule has 5 nitrogen and oxygen atoms in total. The second kappa shape index (κ2) is 7.71. The van der Waals surface area contributed by atoms with Crippen molar-refractivity contribution in [3.63, 3.8) is 0 Å². The van der Waals surface area contributed by atoms with Crippen molar-refractivity contribution in [2.24, 2.45) is 5.92 Å². The number of hydrogen-bond acceptors (Lipinski definition) is 4. The highest BCUT2D eigenvalue weighted by molar-refractivity contribution is 7.99. The molecule has 2 atom stereocenters. The number of aryl methyl sites for hydroxylation is 1. The summed E-state index contributed by atoms with van der Waals surface area (Å²) in [7, 11) is 0. The summed E-state index contributed by atoms with van der Waals surface area (Å²) in [5.41, 5.74) is 2.30. The predicted octanol–water partition coefficient (Wildman–Crippen LogP) is 2.28. The van der Waals surface area contributed by atoms with E-state index in [1.807, 2.05) is 0 Å². The smallest absolute Gasteiger partial charge is 0.232 e. The van der Waals surface area contributed by atoms with E-state index in [4.69, 9.17) is 0 Å². The van der Waals surface area contributed by atoms with Gasteiger partial charge in [-0.3, -0.25) is 9.69 Å². The number of fused-ring (bicyclic) bond motifs is 4. The van der Waals surface area contributed by atoms with Crippen molar-refractivity contribution in [2.75, 3.05) is 31.1 Å². The summed E-state index contributed by atoms with van der Waals surface area (Å²) in [6.07, 6.45) is 5.33. The molecule has 1 aromatic heterocycles. The maximum absolute atomic E-state index is 12.6. The van der Waals surface area contributed by atoms with Crippen molar-refractivity contribution in [3.05, 3.63) is 17.7 Å². The number of nitrogens with zero attached hydrogens (tertiary/aromatic N) is 3. The van der Waals surface area contributed by atoms with Crippen LogP contribution in [0.4, 0.5) is 0 Å². The molecule has 4 heterocycles. The fourth-order valence-corrected chi connectivity index (χ4v) is 4.53. The molecule has 0 saturated carbocycles. The third-order valence-electron chi connectivity index (χ3n) is 4.99. The zero-order valence-corrected chi connectivity index (χ0v) is 15.1. The minimum atomic E-state index is 0.343. The Kier molecular flexibility index (Phi) is 5.64. The fourth-order valence-electron chi connectivity index (χ4n) is 3.76. The lowest BCUT2D eigenvalue weighted by Gasteiger charge is -2.36. The summed E-state index contributed by atoms with van der Waals surface area (Å²) in [4.78, 5) is 24.8. The lowest BCUT2D eigenvalue weighted by molar-refractivity contribution is -0.132. The van der Waals surface area contributed by atoms with Crippen LogP contribution < -0.4 is 0 Å². The number of nitrogens with one attached hydrogen (secondary N) is 1. The van der Waals surface area contributed by atoms with E-state index < -0.39 is 0 Å². The van der Waals surface area contributed by atoms with Crippen molar-refractivity contribution in [1.82, 2.24) is 19.8 Å². The summed E-state index contributed by atoms with van der Waals surface area (Å²) < 4.78 is 0. The van der Waals surface area contributed by atoms with Crippen LogP contribution >= 0.6 is 11.8 Å². The highest BCUT2D eigenvalue weighted by Gasteiger charge is 2.37. The second-order valence-electron chi connectivity index (χ2n) is 6.86. The number of thioether (sulfide) groups is 1. The van der Waals surface area contributed by atoms with E-state index in [0.29, 0.717) is 23.6 Å². The Hall–Kier alpha value is -1.01. The van der Waals surface area contributed by atoms with Gasteiger partial charge < -0.3 is 9.88 Å². The Bertz CT molecular complexity index is 532. The van der Waals surface area contributed by atoms with Gasteiger partial charge in [-0.05, 0) is 37.9 Å². The van der Waals surface area contributed by atoms with E-state index in [1.165, 1.54) is 6.42 Å². The Morgan fingerprint density at radius 2 is 2.26 bits per heavy atom. The summed E-state index contributed by atoms with van der Waals surface area (Å²) in [5, 5.41) is 0. The topological polar surface area (TPSA) is 52.2 Å². The molecule has 0 unspecified atom stereocenters. The Morgan fingerprint density at radius 3 is 3.00 bits per heavy atom. The molecule has 3 fully saturated rings. The third-order valence-corrected chi connectivity index (χ3v) is 6.14. The quantitative estimate of drug-likeness (QED) is 0.810. The number of hydrogen-bond donors (Lipinski definition) is 1. The molecule has 2 bridgehead atoms. The van der Waals surface area contributed by atoms with Crippen molar-refractivity contribution < 1.29 is 4.79 Å². The van der Waals surface area contributed by atoms with Gasteiger partial charge in [0.25, 0.3) is 0 Å². The maximum atomic E-state index is 12.6. The van der Waals surface area contributed by atoms with Crippen molar-refractivity contribution in [2.45, 2.75) is 45.7 Å². The van der Waals surface area contributed by atoms with Crippen LogP contribution in [-0.4, -0.2) is 62.9 Å². The number of imidazole rings is 1. The highest BCUT2D eigenvalue weighted by Crippen LogP contribution is 2.29. The molecule has 1 aromatic rings. The second-order valence-corrected chi connectivity index (χ2v) is 7.97. The number of aromatic amines is 1. The number of carbonyl (C=O) groups is 1. The fraction of sp³-hybridized carbons (Fsp3) is 0.765. The number of piperidine rings is 1. The molecular formula is C17H28N4OS. The molecule has 0 aliphatic carbocycles. The van der Waals surface area contributed by atoms with Gasteiger partial charge in [-0.15, -0.1) is 0 Å². The van der Waals surface area contributed by atoms with Gasteiger partial charge >= 0.3 is 0 Å². The van der Waals surface area contributed by atoms with E-state index in [2.05, 4.69) is 33.6 Å². The zero-order chi connectivity index (χ0) is 16.2. The number of rotatable bonds is 6. The molecule has 1 N–H and O–H groups in total. The molecule has 6 heteroatoms. The van der Waals surface area contributed by atoms with Crippen molar-refractivity contribution in [3.8, 4) is 0 Å².